The summed E-state index contributed by atoms with van der Waals surface area (Å²) in [5, 5.41) is 7.60. The van der Waals surface area contributed by atoms with Gasteiger partial charge in [0.25, 0.3) is 0 Å². The molecule has 0 amide bonds. The fourth-order valence-corrected chi connectivity index (χ4v) is 1.03. The van der Waals surface area contributed by atoms with Gasteiger partial charge in [-0.15, -0.1) is 0 Å². The van der Waals surface area contributed by atoms with E-state index in [-0.39, 0.29) is 0 Å². The summed E-state index contributed by atoms with van der Waals surface area (Å²) in [5.41, 5.74) is 1.46. The topological polar surface area (TPSA) is 37.3 Å². The highest BCUT2D eigenvalue weighted by Crippen LogP contribution is 2.03. The van der Waals surface area contributed by atoms with Gasteiger partial charge in [-0.3, -0.25) is 0 Å². The molecular formula is C13H18O2. The molecule has 0 aromatic heterocycles. The average Bonchev–Trinajstić information content (AvgIpc) is 2.28. The van der Waals surface area contributed by atoms with E-state index < -0.39 is 5.97 Å². The number of hydrogen-bond acceptors (Lipinski definition) is 1. The lowest BCUT2D eigenvalue weighted by Crippen LogP contribution is -1.82. The molecule has 0 unspecified atom stereocenters. The molecule has 0 aliphatic heterocycles. The van der Waals surface area contributed by atoms with E-state index in [0.717, 1.165) is 6.08 Å². The van der Waals surface area contributed by atoms with Crippen LogP contribution in [-0.4, -0.2) is 11.1 Å². The maximum Gasteiger partial charge on any atom is 0.327 e. The van der Waals surface area contributed by atoms with Crippen molar-refractivity contribution < 1.29 is 9.90 Å². The first-order valence-electron chi connectivity index (χ1n) is 5.10. The van der Waals surface area contributed by atoms with Crippen molar-refractivity contribution in [1.82, 2.24) is 0 Å². The van der Waals surface area contributed by atoms with E-state index in [0.29, 0.717) is 0 Å². The molecule has 0 fully saturated rings. The second-order valence-corrected chi connectivity index (χ2v) is 3.13. The Labute approximate surface area is 91.3 Å². The minimum Gasteiger partial charge on any atom is -0.478 e. The fourth-order valence-electron chi connectivity index (χ4n) is 1.03. The molecule has 1 aromatic carbocycles. The first-order chi connectivity index (χ1) is 7.20. The smallest absolute Gasteiger partial charge is 0.327 e. The van der Waals surface area contributed by atoms with Crippen molar-refractivity contribution in [2.45, 2.75) is 26.2 Å². The molecule has 1 N–H and O–H groups in total. The third kappa shape index (κ3) is 8.75. The molecule has 0 heterocycles. The molecule has 0 aliphatic rings. The highest BCUT2D eigenvalue weighted by Gasteiger charge is 1.87. The minimum atomic E-state index is -0.981. The van der Waals surface area contributed by atoms with Crippen molar-refractivity contribution >= 4 is 5.97 Å². The summed E-state index contributed by atoms with van der Waals surface area (Å²) in [7, 11) is 0. The van der Waals surface area contributed by atoms with Gasteiger partial charge in [-0.25, -0.2) is 4.79 Å². The Morgan fingerprint density at radius 2 is 1.93 bits per heavy atom. The van der Waals surface area contributed by atoms with Gasteiger partial charge in [0.05, 0.1) is 0 Å². The Morgan fingerprint density at radius 1 is 1.40 bits per heavy atom. The quantitative estimate of drug-likeness (QED) is 0.767. The molecule has 0 saturated carbocycles. The number of aliphatic carboxylic acids is 1. The predicted molar refractivity (Wildman–Crippen MR) is 62.9 cm³/mol. The lowest BCUT2D eigenvalue weighted by Gasteiger charge is -1.96. The fraction of sp³-hybridized carbons (Fsp3) is 0.308. The van der Waals surface area contributed by atoms with Crippen molar-refractivity contribution in [1.29, 1.82) is 0 Å². The van der Waals surface area contributed by atoms with Gasteiger partial charge in [-0.2, -0.15) is 0 Å². The summed E-state index contributed by atoms with van der Waals surface area (Å²) in [6.07, 6.45) is 4.66. The molecule has 0 spiro atoms. The van der Waals surface area contributed by atoms with Crippen LogP contribution in [0.4, 0.5) is 0 Å². The second kappa shape index (κ2) is 9.00. The molecule has 1 rings (SSSR count). The van der Waals surface area contributed by atoms with E-state index >= 15 is 0 Å². The van der Waals surface area contributed by atoms with Gasteiger partial charge in [0.15, 0.2) is 0 Å². The first kappa shape index (κ1) is 13.4. The number of rotatable bonds is 4. The maximum atomic E-state index is 9.25. The van der Waals surface area contributed by atoms with E-state index in [1.54, 1.807) is 0 Å². The lowest BCUT2D eigenvalue weighted by atomic mass is 10.1. The van der Waals surface area contributed by atoms with E-state index in [1.165, 1.54) is 24.8 Å². The molecule has 0 aliphatic carbocycles. The van der Waals surface area contributed by atoms with Crippen LogP contribution in [-0.2, 0) is 11.2 Å². The second-order valence-electron chi connectivity index (χ2n) is 3.13. The Hall–Kier alpha value is -1.57. The minimum absolute atomic E-state index is 0.833. The van der Waals surface area contributed by atoms with Gasteiger partial charge in [-0.1, -0.05) is 50.3 Å². The normalized spacial score (nSPS) is 8.60. The molecule has 82 valence electrons. The Morgan fingerprint density at radius 3 is 2.33 bits per heavy atom. The molecule has 0 radical (unpaired) electrons. The Kier molecular flexibility index (Phi) is 8.06. The van der Waals surface area contributed by atoms with Crippen LogP contribution in [0.15, 0.2) is 43.0 Å². The maximum absolute atomic E-state index is 9.25. The number of carbonyl (C=O) groups is 1. The summed E-state index contributed by atoms with van der Waals surface area (Å²) in [5.74, 6) is -0.981. The van der Waals surface area contributed by atoms with Crippen molar-refractivity contribution in [2.24, 2.45) is 0 Å². The van der Waals surface area contributed by atoms with Crippen LogP contribution in [0.5, 0.6) is 0 Å². The van der Waals surface area contributed by atoms with Crippen molar-refractivity contribution in [3.05, 3.63) is 48.6 Å². The third-order valence-electron chi connectivity index (χ3n) is 1.84. The van der Waals surface area contributed by atoms with Crippen LogP contribution in [0.3, 0.4) is 0 Å². The van der Waals surface area contributed by atoms with Crippen molar-refractivity contribution in [3.8, 4) is 0 Å². The molecule has 0 bridgehead atoms. The molecule has 0 atom stereocenters. The monoisotopic (exact) mass is 206 g/mol. The van der Waals surface area contributed by atoms with E-state index in [2.05, 4.69) is 43.8 Å². The summed E-state index contributed by atoms with van der Waals surface area (Å²) in [4.78, 5) is 9.25. The number of aryl methyl sites for hydroxylation is 1. The first-order valence-corrected chi connectivity index (χ1v) is 5.10. The Balaban J connectivity index is 0.000000336. The molecular weight excluding hydrogens is 188 g/mol. The Bertz CT molecular complexity index is 278. The number of carboxylic acids is 1. The predicted octanol–water partition coefficient (Wildman–Crippen LogP) is 3.29. The molecule has 1 aromatic rings. The van der Waals surface area contributed by atoms with E-state index in [9.17, 15) is 4.79 Å². The van der Waals surface area contributed by atoms with Crippen LogP contribution in [0.25, 0.3) is 0 Å². The standard InChI is InChI=1S/C10H14.C3H4O2/c1-2-3-7-10-8-5-4-6-9-10;1-2-3(4)5/h4-6,8-9H,2-3,7H2,1H3;2H,1H2,(H,4,5). The largest absolute Gasteiger partial charge is 0.478 e. The number of hydrogen-bond donors (Lipinski definition) is 1. The van der Waals surface area contributed by atoms with Gasteiger partial charge in [0, 0.05) is 6.08 Å². The molecule has 15 heavy (non-hydrogen) atoms. The van der Waals surface area contributed by atoms with Crippen LogP contribution in [0, 0.1) is 0 Å². The summed E-state index contributed by atoms with van der Waals surface area (Å²) in [6, 6.07) is 10.6. The number of benzene rings is 1. The van der Waals surface area contributed by atoms with Crippen LogP contribution in [0.1, 0.15) is 25.3 Å². The highest BCUT2D eigenvalue weighted by molar-refractivity contribution is 5.78. The molecule has 2 nitrogen and oxygen atoms in total. The zero-order valence-corrected chi connectivity index (χ0v) is 9.15. The highest BCUT2D eigenvalue weighted by atomic mass is 16.4. The third-order valence-corrected chi connectivity index (χ3v) is 1.84. The summed E-state index contributed by atoms with van der Waals surface area (Å²) in [6.45, 7) is 5.19. The summed E-state index contributed by atoms with van der Waals surface area (Å²) < 4.78 is 0. The van der Waals surface area contributed by atoms with Gasteiger partial charge < -0.3 is 5.11 Å². The average molecular weight is 206 g/mol. The molecule has 2 heteroatoms. The van der Waals surface area contributed by atoms with Gasteiger partial charge in [0.1, 0.15) is 0 Å². The number of unbranched alkanes of at least 4 members (excludes halogenated alkanes) is 1. The van der Waals surface area contributed by atoms with Gasteiger partial charge >= 0.3 is 5.97 Å². The van der Waals surface area contributed by atoms with E-state index in [4.69, 9.17) is 5.11 Å². The summed E-state index contributed by atoms with van der Waals surface area (Å²) >= 11 is 0. The van der Waals surface area contributed by atoms with E-state index in [1.807, 2.05) is 0 Å². The van der Waals surface area contributed by atoms with Crippen molar-refractivity contribution in [2.75, 3.05) is 0 Å². The van der Waals surface area contributed by atoms with Crippen molar-refractivity contribution in [3.63, 3.8) is 0 Å². The van der Waals surface area contributed by atoms with Gasteiger partial charge in [-0.05, 0) is 18.4 Å². The zero-order chi connectivity index (χ0) is 11.5. The SMILES string of the molecule is C=CC(=O)O.CCCCc1ccccc1. The molecule has 0 saturated heterocycles. The van der Waals surface area contributed by atoms with Crippen LogP contribution >= 0.6 is 0 Å². The van der Waals surface area contributed by atoms with Gasteiger partial charge in [0.2, 0.25) is 0 Å². The van der Waals surface area contributed by atoms with Crippen LogP contribution < -0.4 is 0 Å². The number of carboxylic acid groups (broad SMARTS) is 1. The van der Waals surface area contributed by atoms with Crippen LogP contribution in [0.2, 0.25) is 0 Å². The zero-order valence-electron chi connectivity index (χ0n) is 9.15. The lowest BCUT2D eigenvalue weighted by molar-refractivity contribution is -0.131.